The van der Waals surface area contributed by atoms with E-state index in [2.05, 4.69) is 0 Å². The predicted octanol–water partition coefficient (Wildman–Crippen LogP) is 1.73. The third-order valence-corrected chi connectivity index (χ3v) is 3.27. The molecule has 2 rings (SSSR count). The van der Waals surface area contributed by atoms with E-state index in [0.29, 0.717) is 17.9 Å². The summed E-state index contributed by atoms with van der Waals surface area (Å²) in [4.78, 5) is 24.7. The summed E-state index contributed by atoms with van der Waals surface area (Å²) in [6.45, 7) is 5.03. The van der Waals surface area contributed by atoms with Crippen molar-refractivity contribution in [2.45, 2.75) is 39.2 Å². The van der Waals surface area contributed by atoms with E-state index in [9.17, 15) is 9.59 Å². The number of amides is 1. The predicted molar refractivity (Wildman–Crippen MR) is 70.2 cm³/mol. The van der Waals surface area contributed by atoms with Gasteiger partial charge in [-0.05, 0) is 6.92 Å². The summed E-state index contributed by atoms with van der Waals surface area (Å²) >= 11 is 0. The van der Waals surface area contributed by atoms with Crippen LogP contribution in [0.25, 0.3) is 0 Å². The molecule has 5 nitrogen and oxygen atoms in total. The number of hydrogen-bond acceptors (Lipinski definition) is 4. The highest BCUT2D eigenvalue weighted by Crippen LogP contribution is 2.19. The van der Waals surface area contributed by atoms with Gasteiger partial charge in [-0.3, -0.25) is 4.79 Å². The number of aryl methyl sites for hydroxylation is 1. The molecule has 1 amide bonds. The standard InChI is InChI=1S/C14H19NO4/c1-3-13(16)15-6-4-11(5-7-15)19-12-8-10(2)18-14(17)9-12/h8-9,11H,3-7H2,1-2H3. The zero-order chi connectivity index (χ0) is 13.8. The van der Waals surface area contributed by atoms with Crippen molar-refractivity contribution in [2.75, 3.05) is 13.1 Å². The van der Waals surface area contributed by atoms with E-state index in [1.807, 2.05) is 11.8 Å². The minimum atomic E-state index is -0.395. The Hall–Kier alpha value is -1.78. The van der Waals surface area contributed by atoms with Crippen molar-refractivity contribution in [3.63, 3.8) is 0 Å². The largest absolute Gasteiger partial charge is 0.490 e. The third-order valence-electron chi connectivity index (χ3n) is 3.27. The second kappa shape index (κ2) is 5.91. The molecule has 1 fully saturated rings. The van der Waals surface area contributed by atoms with E-state index >= 15 is 0 Å². The zero-order valence-corrected chi connectivity index (χ0v) is 11.3. The third kappa shape index (κ3) is 3.59. The molecule has 2 heterocycles. The number of rotatable bonds is 3. The highest BCUT2D eigenvalue weighted by molar-refractivity contribution is 5.75. The average Bonchev–Trinajstić information content (AvgIpc) is 2.37. The summed E-state index contributed by atoms with van der Waals surface area (Å²) < 4.78 is 10.7. The minimum absolute atomic E-state index is 0.0575. The summed E-state index contributed by atoms with van der Waals surface area (Å²) in [6.07, 6.45) is 2.20. The molecule has 0 aromatic carbocycles. The second-order valence-corrected chi connectivity index (χ2v) is 4.77. The van der Waals surface area contributed by atoms with Crippen LogP contribution in [0.5, 0.6) is 5.75 Å². The van der Waals surface area contributed by atoms with Gasteiger partial charge in [0.05, 0.1) is 6.07 Å². The fourth-order valence-corrected chi connectivity index (χ4v) is 2.28. The first-order valence-corrected chi connectivity index (χ1v) is 6.64. The van der Waals surface area contributed by atoms with E-state index in [1.54, 1.807) is 13.0 Å². The van der Waals surface area contributed by atoms with Gasteiger partial charge in [0.15, 0.2) is 0 Å². The van der Waals surface area contributed by atoms with Crippen LogP contribution in [0.2, 0.25) is 0 Å². The second-order valence-electron chi connectivity index (χ2n) is 4.77. The molecule has 0 aliphatic carbocycles. The molecule has 0 bridgehead atoms. The first-order valence-electron chi connectivity index (χ1n) is 6.64. The van der Waals surface area contributed by atoms with Crippen molar-refractivity contribution in [3.05, 3.63) is 28.3 Å². The molecule has 5 heteroatoms. The number of piperidine rings is 1. The van der Waals surface area contributed by atoms with E-state index in [1.165, 1.54) is 6.07 Å². The Morgan fingerprint density at radius 2 is 2.11 bits per heavy atom. The van der Waals surface area contributed by atoms with Crippen LogP contribution in [0.4, 0.5) is 0 Å². The lowest BCUT2D eigenvalue weighted by Gasteiger charge is -2.32. The van der Waals surface area contributed by atoms with Crippen LogP contribution in [0.3, 0.4) is 0 Å². The van der Waals surface area contributed by atoms with Crippen LogP contribution < -0.4 is 10.4 Å². The topological polar surface area (TPSA) is 59.8 Å². The lowest BCUT2D eigenvalue weighted by Crippen LogP contribution is -2.41. The lowest BCUT2D eigenvalue weighted by atomic mass is 10.1. The van der Waals surface area contributed by atoms with Crippen molar-refractivity contribution in [1.29, 1.82) is 0 Å². The van der Waals surface area contributed by atoms with E-state index < -0.39 is 5.63 Å². The SMILES string of the molecule is CCC(=O)N1CCC(Oc2cc(C)oc(=O)c2)CC1. The molecule has 104 valence electrons. The first kappa shape index (κ1) is 13.6. The molecule has 1 aliphatic rings. The Kier molecular flexibility index (Phi) is 4.24. The van der Waals surface area contributed by atoms with E-state index in [0.717, 1.165) is 25.9 Å². The van der Waals surface area contributed by atoms with Crippen molar-refractivity contribution in [1.82, 2.24) is 4.90 Å². The van der Waals surface area contributed by atoms with Gasteiger partial charge in [-0.1, -0.05) is 6.92 Å². The molecule has 1 aromatic heterocycles. The van der Waals surface area contributed by atoms with Gasteiger partial charge < -0.3 is 14.1 Å². The minimum Gasteiger partial charge on any atom is -0.490 e. The fraction of sp³-hybridized carbons (Fsp3) is 0.571. The zero-order valence-electron chi connectivity index (χ0n) is 11.3. The molecule has 19 heavy (non-hydrogen) atoms. The van der Waals surface area contributed by atoms with E-state index in [4.69, 9.17) is 9.15 Å². The maximum atomic E-state index is 11.6. The van der Waals surface area contributed by atoms with Gasteiger partial charge in [-0.15, -0.1) is 0 Å². The monoisotopic (exact) mass is 265 g/mol. The smallest absolute Gasteiger partial charge is 0.339 e. The van der Waals surface area contributed by atoms with Crippen LogP contribution in [0.15, 0.2) is 21.3 Å². The van der Waals surface area contributed by atoms with Gasteiger partial charge in [-0.25, -0.2) is 4.79 Å². The molecule has 0 atom stereocenters. The summed E-state index contributed by atoms with van der Waals surface area (Å²) in [5.74, 6) is 1.28. The van der Waals surface area contributed by atoms with E-state index in [-0.39, 0.29) is 12.0 Å². The van der Waals surface area contributed by atoms with Crippen molar-refractivity contribution in [3.8, 4) is 5.75 Å². The van der Waals surface area contributed by atoms with Gasteiger partial charge in [-0.2, -0.15) is 0 Å². The molecule has 0 saturated carbocycles. The normalized spacial score (nSPS) is 16.4. The highest BCUT2D eigenvalue weighted by atomic mass is 16.5. The number of nitrogens with zero attached hydrogens (tertiary/aromatic N) is 1. The van der Waals surface area contributed by atoms with Crippen LogP contribution in [0.1, 0.15) is 31.9 Å². The number of carbonyl (C=O) groups excluding carboxylic acids is 1. The van der Waals surface area contributed by atoms with Crippen molar-refractivity contribution >= 4 is 5.91 Å². The first-order chi connectivity index (χ1) is 9.08. The highest BCUT2D eigenvalue weighted by Gasteiger charge is 2.23. The molecule has 1 aliphatic heterocycles. The van der Waals surface area contributed by atoms with Gasteiger partial charge >= 0.3 is 5.63 Å². The van der Waals surface area contributed by atoms with Gasteiger partial charge in [0.2, 0.25) is 5.91 Å². The van der Waals surface area contributed by atoms with Crippen molar-refractivity contribution < 1.29 is 13.9 Å². The lowest BCUT2D eigenvalue weighted by molar-refractivity contribution is -0.132. The van der Waals surface area contributed by atoms with Crippen LogP contribution >= 0.6 is 0 Å². The maximum Gasteiger partial charge on any atom is 0.339 e. The number of carbonyl (C=O) groups is 1. The van der Waals surface area contributed by atoms with Gasteiger partial charge in [0.25, 0.3) is 0 Å². The fourth-order valence-electron chi connectivity index (χ4n) is 2.28. The molecule has 1 aromatic rings. The summed E-state index contributed by atoms with van der Waals surface area (Å²) in [5, 5.41) is 0. The summed E-state index contributed by atoms with van der Waals surface area (Å²) in [6, 6.07) is 3.07. The van der Waals surface area contributed by atoms with Crippen LogP contribution in [-0.2, 0) is 4.79 Å². The van der Waals surface area contributed by atoms with Crippen LogP contribution in [-0.4, -0.2) is 30.0 Å². The molecular formula is C14H19NO4. The molecule has 0 radical (unpaired) electrons. The Labute approximate surface area is 112 Å². The Morgan fingerprint density at radius 1 is 1.42 bits per heavy atom. The Bertz CT molecular complexity index is 500. The van der Waals surface area contributed by atoms with Gasteiger partial charge in [0.1, 0.15) is 17.6 Å². The number of likely N-dealkylation sites (tertiary alicyclic amines) is 1. The quantitative estimate of drug-likeness (QED) is 0.835. The number of hydrogen-bond donors (Lipinski definition) is 0. The Balaban J connectivity index is 1.92. The summed E-state index contributed by atoms with van der Waals surface area (Å²) in [7, 11) is 0. The average molecular weight is 265 g/mol. The Morgan fingerprint density at radius 3 is 2.68 bits per heavy atom. The molecule has 0 N–H and O–H groups in total. The molecule has 1 saturated heterocycles. The molecular weight excluding hydrogens is 246 g/mol. The summed E-state index contributed by atoms with van der Waals surface area (Å²) in [5.41, 5.74) is -0.395. The maximum absolute atomic E-state index is 11.6. The molecule has 0 unspecified atom stereocenters. The van der Waals surface area contributed by atoms with Crippen molar-refractivity contribution in [2.24, 2.45) is 0 Å². The number of ether oxygens (including phenoxy) is 1. The van der Waals surface area contributed by atoms with Crippen LogP contribution in [0, 0.1) is 6.92 Å². The van der Waals surface area contributed by atoms with Gasteiger partial charge in [0, 0.05) is 38.4 Å². The molecule has 0 spiro atoms.